The fourth-order valence-electron chi connectivity index (χ4n) is 1.92. The van der Waals surface area contributed by atoms with E-state index in [9.17, 15) is 4.39 Å². The molecule has 0 saturated carbocycles. The van der Waals surface area contributed by atoms with Crippen LogP contribution in [0.15, 0.2) is 18.2 Å². The number of hydrogen-bond acceptors (Lipinski definition) is 4. The number of ether oxygens (including phenoxy) is 2. The van der Waals surface area contributed by atoms with Crippen LogP contribution in [0, 0.1) is 5.82 Å². The van der Waals surface area contributed by atoms with Crippen LogP contribution in [0.3, 0.4) is 0 Å². The van der Waals surface area contributed by atoms with Gasteiger partial charge in [-0.2, -0.15) is 0 Å². The van der Waals surface area contributed by atoms with E-state index in [4.69, 9.17) is 15.2 Å². The molecule has 108 valence electrons. The van der Waals surface area contributed by atoms with Crippen molar-refractivity contribution in [1.82, 2.24) is 4.90 Å². The molecule has 5 heteroatoms. The second kappa shape index (κ2) is 8.09. The Labute approximate surface area is 114 Å². The van der Waals surface area contributed by atoms with Gasteiger partial charge in [0.1, 0.15) is 0 Å². The molecule has 4 nitrogen and oxygen atoms in total. The summed E-state index contributed by atoms with van der Waals surface area (Å²) in [7, 11) is 5.13. The molecule has 0 radical (unpaired) electrons. The van der Waals surface area contributed by atoms with Gasteiger partial charge < -0.3 is 20.1 Å². The molecule has 0 aliphatic heterocycles. The monoisotopic (exact) mass is 270 g/mol. The van der Waals surface area contributed by atoms with E-state index in [0.29, 0.717) is 6.54 Å². The normalized spacial score (nSPS) is 12.7. The Hall–Kier alpha value is -1.17. The molecule has 2 N–H and O–H groups in total. The van der Waals surface area contributed by atoms with E-state index in [1.54, 1.807) is 19.2 Å². The zero-order valence-corrected chi connectivity index (χ0v) is 11.9. The van der Waals surface area contributed by atoms with Gasteiger partial charge in [0.05, 0.1) is 7.11 Å². The van der Waals surface area contributed by atoms with Crippen LogP contribution in [-0.4, -0.2) is 45.9 Å². The third-order valence-corrected chi connectivity index (χ3v) is 3.00. The lowest BCUT2D eigenvalue weighted by molar-refractivity contribution is 0.177. The lowest BCUT2D eigenvalue weighted by Crippen LogP contribution is -2.30. The third-order valence-electron chi connectivity index (χ3n) is 3.00. The summed E-state index contributed by atoms with van der Waals surface area (Å²) in [6, 6.07) is 4.63. The third kappa shape index (κ3) is 5.14. The zero-order chi connectivity index (χ0) is 14.3. The number of methoxy groups -OCH3 is 2. The molecule has 0 aliphatic rings. The Balaban J connectivity index is 2.52. The van der Waals surface area contributed by atoms with Gasteiger partial charge in [0.2, 0.25) is 0 Å². The smallest absolute Gasteiger partial charge is 0.165 e. The largest absolute Gasteiger partial charge is 0.494 e. The summed E-state index contributed by atoms with van der Waals surface area (Å²) in [5.74, 6) is -0.137. The molecule has 1 atom stereocenters. The number of nitrogens with two attached hydrogens (primary N) is 1. The van der Waals surface area contributed by atoms with Crippen molar-refractivity contribution >= 4 is 0 Å². The van der Waals surface area contributed by atoms with E-state index in [-0.39, 0.29) is 17.6 Å². The summed E-state index contributed by atoms with van der Waals surface area (Å²) < 4.78 is 23.5. The second-order valence-electron chi connectivity index (χ2n) is 4.61. The highest BCUT2D eigenvalue weighted by Gasteiger charge is 2.12. The van der Waals surface area contributed by atoms with Crippen molar-refractivity contribution in [3.8, 4) is 5.75 Å². The Kier molecular flexibility index (Phi) is 6.77. The highest BCUT2D eigenvalue weighted by Crippen LogP contribution is 2.21. The van der Waals surface area contributed by atoms with E-state index >= 15 is 0 Å². The molecule has 1 aromatic rings. The summed E-state index contributed by atoms with van der Waals surface area (Å²) in [6.07, 6.45) is 0.955. The van der Waals surface area contributed by atoms with Crippen LogP contribution in [-0.2, 0) is 4.74 Å². The number of nitrogens with zero attached hydrogens (tertiary/aromatic N) is 1. The minimum absolute atomic E-state index is 0.215. The molecule has 0 aliphatic carbocycles. The van der Waals surface area contributed by atoms with Gasteiger partial charge in [0, 0.05) is 32.8 Å². The predicted octanol–water partition coefficient (Wildman–Crippen LogP) is 1.80. The van der Waals surface area contributed by atoms with Gasteiger partial charge in [0.15, 0.2) is 11.6 Å². The predicted molar refractivity (Wildman–Crippen MR) is 73.9 cm³/mol. The Morgan fingerprint density at radius 1 is 1.37 bits per heavy atom. The van der Waals surface area contributed by atoms with Crippen LogP contribution in [0.4, 0.5) is 4.39 Å². The molecule has 0 amide bonds. The first-order valence-electron chi connectivity index (χ1n) is 6.35. The number of halogens is 1. The van der Waals surface area contributed by atoms with Crippen molar-refractivity contribution < 1.29 is 13.9 Å². The molecule has 0 aromatic heterocycles. The number of likely N-dealkylation sites (N-methyl/N-ethyl adjacent to an activating group) is 1. The van der Waals surface area contributed by atoms with Crippen LogP contribution in [0.1, 0.15) is 18.0 Å². The van der Waals surface area contributed by atoms with Crippen molar-refractivity contribution in [3.05, 3.63) is 29.6 Å². The summed E-state index contributed by atoms with van der Waals surface area (Å²) in [5.41, 5.74) is 6.86. The molecule has 1 rings (SSSR count). The molecule has 0 fully saturated rings. The Morgan fingerprint density at radius 3 is 2.68 bits per heavy atom. The molecule has 0 heterocycles. The first kappa shape index (κ1) is 15.9. The van der Waals surface area contributed by atoms with E-state index in [1.807, 2.05) is 7.05 Å². The standard InChI is InChI=1S/C14H23FN2O2/c1-17(7-4-8-18-2)10-13(16)11-5-6-14(19-3)12(15)9-11/h5-6,9,13H,4,7-8,10,16H2,1-3H3. The second-order valence-corrected chi connectivity index (χ2v) is 4.61. The van der Waals surface area contributed by atoms with Crippen LogP contribution in [0.5, 0.6) is 5.75 Å². The molecule has 0 bridgehead atoms. The SMILES string of the molecule is COCCCN(C)CC(N)c1ccc(OC)c(F)c1. The van der Waals surface area contributed by atoms with Crippen LogP contribution < -0.4 is 10.5 Å². The van der Waals surface area contributed by atoms with Gasteiger partial charge >= 0.3 is 0 Å². The Bertz CT molecular complexity index is 388. The van der Waals surface area contributed by atoms with Gasteiger partial charge in [-0.15, -0.1) is 0 Å². The average molecular weight is 270 g/mol. The van der Waals surface area contributed by atoms with E-state index in [1.165, 1.54) is 13.2 Å². The number of benzene rings is 1. The first-order chi connectivity index (χ1) is 9.08. The fourth-order valence-corrected chi connectivity index (χ4v) is 1.92. The van der Waals surface area contributed by atoms with Crippen LogP contribution in [0.25, 0.3) is 0 Å². The van der Waals surface area contributed by atoms with Crippen molar-refractivity contribution in [3.63, 3.8) is 0 Å². The maximum Gasteiger partial charge on any atom is 0.165 e. The van der Waals surface area contributed by atoms with Gasteiger partial charge in [-0.05, 0) is 31.2 Å². The van der Waals surface area contributed by atoms with Crippen molar-refractivity contribution in [2.45, 2.75) is 12.5 Å². The lowest BCUT2D eigenvalue weighted by Gasteiger charge is -2.21. The van der Waals surface area contributed by atoms with E-state index in [0.717, 1.165) is 25.1 Å². The summed E-state index contributed by atoms with van der Waals surface area (Å²) in [4.78, 5) is 2.12. The minimum atomic E-state index is -0.377. The van der Waals surface area contributed by atoms with E-state index < -0.39 is 0 Å². The summed E-state index contributed by atoms with van der Waals surface area (Å²) >= 11 is 0. The van der Waals surface area contributed by atoms with Gasteiger partial charge in [-0.25, -0.2) is 4.39 Å². The van der Waals surface area contributed by atoms with Crippen LogP contribution >= 0.6 is 0 Å². The quantitative estimate of drug-likeness (QED) is 0.732. The maximum absolute atomic E-state index is 13.6. The maximum atomic E-state index is 13.6. The molecule has 1 unspecified atom stereocenters. The van der Waals surface area contributed by atoms with Gasteiger partial charge in [-0.3, -0.25) is 0 Å². The highest BCUT2D eigenvalue weighted by atomic mass is 19.1. The first-order valence-corrected chi connectivity index (χ1v) is 6.35. The van der Waals surface area contributed by atoms with Crippen LogP contribution in [0.2, 0.25) is 0 Å². The molecule has 0 saturated heterocycles. The Morgan fingerprint density at radius 2 is 2.11 bits per heavy atom. The molecular weight excluding hydrogens is 247 g/mol. The molecular formula is C14H23FN2O2. The summed E-state index contributed by atoms with van der Waals surface area (Å²) in [6.45, 7) is 2.31. The van der Waals surface area contributed by atoms with Crippen molar-refractivity contribution in [2.75, 3.05) is 41.0 Å². The fraction of sp³-hybridized carbons (Fsp3) is 0.571. The van der Waals surface area contributed by atoms with Gasteiger partial charge in [0.25, 0.3) is 0 Å². The average Bonchev–Trinajstić information content (AvgIpc) is 2.38. The van der Waals surface area contributed by atoms with Gasteiger partial charge in [-0.1, -0.05) is 6.07 Å². The molecule has 0 spiro atoms. The van der Waals surface area contributed by atoms with E-state index in [2.05, 4.69) is 4.90 Å². The summed E-state index contributed by atoms with van der Waals surface area (Å²) in [5, 5.41) is 0. The topological polar surface area (TPSA) is 47.7 Å². The van der Waals surface area contributed by atoms with Crippen molar-refractivity contribution in [2.24, 2.45) is 5.73 Å². The lowest BCUT2D eigenvalue weighted by atomic mass is 10.1. The number of hydrogen-bond donors (Lipinski definition) is 1. The minimum Gasteiger partial charge on any atom is -0.494 e. The number of rotatable bonds is 8. The van der Waals surface area contributed by atoms with Crippen molar-refractivity contribution in [1.29, 1.82) is 0 Å². The zero-order valence-electron chi connectivity index (χ0n) is 11.9. The molecule has 19 heavy (non-hydrogen) atoms. The molecule has 1 aromatic carbocycles. The highest BCUT2D eigenvalue weighted by molar-refractivity contribution is 5.31.